The van der Waals surface area contributed by atoms with Gasteiger partial charge in [-0.25, -0.2) is 13.6 Å². The molecule has 1 saturated carbocycles. The van der Waals surface area contributed by atoms with Crippen molar-refractivity contribution in [2.24, 2.45) is 11.8 Å². The Morgan fingerprint density at radius 2 is 1.56 bits per heavy atom. The minimum Gasteiger partial charge on any atom is -0.477 e. The summed E-state index contributed by atoms with van der Waals surface area (Å²) in [6.45, 7) is 5.95. The first-order valence-corrected chi connectivity index (χ1v) is 13.8. The van der Waals surface area contributed by atoms with Crippen LogP contribution in [-0.2, 0) is 4.79 Å². The molecule has 0 radical (unpaired) electrons. The molecule has 1 aliphatic rings. The van der Waals surface area contributed by atoms with Crippen molar-refractivity contribution in [2.45, 2.75) is 52.5 Å². The fraction of sp³-hybridized carbons (Fsp3) is 0.367. The molecule has 4 rings (SSSR count). The molecule has 6 nitrogen and oxygen atoms in total. The topological polar surface area (TPSA) is 77.9 Å². The quantitative estimate of drug-likeness (QED) is 0.334. The van der Waals surface area contributed by atoms with E-state index >= 15 is 0 Å². The van der Waals surface area contributed by atoms with E-state index in [1.807, 2.05) is 13.8 Å². The van der Waals surface area contributed by atoms with Crippen molar-refractivity contribution in [3.63, 3.8) is 0 Å². The van der Waals surface area contributed by atoms with Crippen molar-refractivity contribution < 1.29 is 28.3 Å². The third-order valence-electron chi connectivity index (χ3n) is 7.31. The van der Waals surface area contributed by atoms with E-state index in [2.05, 4.69) is 6.92 Å². The van der Waals surface area contributed by atoms with Crippen molar-refractivity contribution in [1.29, 1.82) is 0 Å². The van der Waals surface area contributed by atoms with Crippen LogP contribution in [0.2, 0.25) is 0 Å². The number of carboxylic acid groups (broad SMARTS) is 1. The molecule has 1 aromatic heterocycles. The summed E-state index contributed by atoms with van der Waals surface area (Å²) >= 11 is 1.08. The number of halogens is 2. The van der Waals surface area contributed by atoms with E-state index in [1.54, 1.807) is 35.2 Å². The Balaban J connectivity index is 1.62. The summed E-state index contributed by atoms with van der Waals surface area (Å²) in [6, 6.07) is 11.4. The van der Waals surface area contributed by atoms with E-state index in [0.29, 0.717) is 27.7 Å². The maximum absolute atomic E-state index is 14.1. The molecule has 0 spiro atoms. The first-order valence-electron chi connectivity index (χ1n) is 13.0. The van der Waals surface area contributed by atoms with Crippen LogP contribution in [0.25, 0.3) is 10.4 Å². The molecule has 206 valence electrons. The van der Waals surface area contributed by atoms with Gasteiger partial charge in [0.15, 0.2) is 0 Å². The van der Waals surface area contributed by atoms with E-state index in [-0.39, 0.29) is 22.7 Å². The van der Waals surface area contributed by atoms with Crippen LogP contribution in [0.5, 0.6) is 0 Å². The number of carboxylic acids is 1. The lowest BCUT2D eigenvalue weighted by Gasteiger charge is -2.33. The molecular formula is C30H32F2N2O4S. The van der Waals surface area contributed by atoms with Crippen LogP contribution in [0.1, 0.15) is 66.5 Å². The zero-order chi connectivity index (χ0) is 28.4. The van der Waals surface area contributed by atoms with E-state index < -0.39 is 29.1 Å². The average Bonchev–Trinajstić information content (AvgIpc) is 3.33. The highest BCUT2D eigenvalue weighted by molar-refractivity contribution is 7.18. The molecule has 0 aliphatic heterocycles. The predicted molar refractivity (Wildman–Crippen MR) is 150 cm³/mol. The normalized spacial score (nSPS) is 17.2. The van der Waals surface area contributed by atoms with Gasteiger partial charge in [-0.05, 0) is 81.3 Å². The molecule has 1 fully saturated rings. The van der Waals surface area contributed by atoms with E-state index in [9.17, 15) is 28.3 Å². The maximum Gasteiger partial charge on any atom is 0.348 e. The number of carbonyl (C=O) groups excluding carboxylic acids is 2. The van der Waals surface area contributed by atoms with Crippen LogP contribution in [-0.4, -0.2) is 36.0 Å². The van der Waals surface area contributed by atoms with Gasteiger partial charge in [-0.15, -0.1) is 11.3 Å². The molecule has 3 aromatic rings. The smallest absolute Gasteiger partial charge is 0.348 e. The van der Waals surface area contributed by atoms with Gasteiger partial charge < -0.3 is 14.9 Å². The van der Waals surface area contributed by atoms with Crippen LogP contribution < -0.4 is 9.80 Å². The lowest BCUT2D eigenvalue weighted by Crippen LogP contribution is -2.42. The van der Waals surface area contributed by atoms with Crippen LogP contribution in [0, 0.1) is 23.5 Å². The first kappa shape index (κ1) is 28.4. The van der Waals surface area contributed by atoms with Crippen LogP contribution in [0.15, 0.2) is 48.5 Å². The molecular weight excluding hydrogens is 522 g/mol. The Bertz CT molecular complexity index is 1360. The Morgan fingerprint density at radius 3 is 2.10 bits per heavy atom. The van der Waals surface area contributed by atoms with Crippen molar-refractivity contribution in [3.8, 4) is 10.4 Å². The number of thiophene rings is 1. The largest absolute Gasteiger partial charge is 0.477 e. The summed E-state index contributed by atoms with van der Waals surface area (Å²) in [5.41, 5.74) is 0.849. The SMILES string of the molecule is CC1CCC(C(=O)N(c2cc(-c3ccc(N(C)C(=O)c4c(F)cccc4F)cc3)sc2C(=O)O)C(C)C)CC1. The molecule has 0 saturated heterocycles. The number of carbonyl (C=O) groups is 3. The van der Waals surface area contributed by atoms with Crippen LogP contribution >= 0.6 is 11.3 Å². The molecule has 9 heteroatoms. The number of amides is 2. The van der Waals surface area contributed by atoms with E-state index in [1.165, 1.54) is 13.1 Å². The zero-order valence-electron chi connectivity index (χ0n) is 22.4. The lowest BCUT2D eigenvalue weighted by molar-refractivity contribution is -0.123. The number of anilines is 2. The fourth-order valence-corrected chi connectivity index (χ4v) is 6.04. The average molecular weight is 555 g/mol. The number of hydrogen-bond acceptors (Lipinski definition) is 4. The van der Waals surface area contributed by atoms with Gasteiger partial charge >= 0.3 is 5.97 Å². The fourth-order valence-electron chi connectivity index (χ4n) is 5.05. The Hall–Kier alpha value is -3.59. The Labute approximate surface area is 230 Å². The summed E-state index contributed by atoms with van der Waals surface area (Å²) < 4.78 is 28.2. The van der Waals surface area contributed by atoms with Crippen molar-refractivity contribution in [2.75, 3.05) is 16.8 Å². The van der Waals surface area contributed by atoms with Crippen molar-refractivity contribution in [1.82, 2.24) is 0 Å². The van der Waals surface area contributed by atoms with Gasteiger partial charge in [0.1, 0.15) is 22.1 Å². The monoisotopic (exact) mass is 554 g/mol. The maximum atomic E-state index is 14.1. The molecule has 1 aliphatic carbocycles. The van der Waals surface area contributed by atoms with E-state index in [0.717, 1.165) is 54.1 Å². The minimum atomic E-state index is -1.11. The van der Waals surface area contributed by atoms with Crippen LogP contribution in [0.3, 0.4) is 0 Å². The zero-order valence-corrected chi connectivity index (χ0v) is 23.2. The third kappa shape index (κ3) is 5.88. The summed E-state index contributed by atoms with van der Waals surface area (Å²) in [5, 5.41) is 9.98. The Kier molecular flexibility index (Phi) is 8.49. The summed E-state index contributed by atoms with van der Waals surface area (Å²) in [7, 11) is 1.42. The second-order valence-electron chi connectivity index (χ2n) is 10.4. The van der Waals surface area contributed by atoms with Gasteiger partial charge in [-0.1, -0.05) is 25.1 Å². The molecule has 2 aromatic carbocycles. The highest BCUT2D eigenvalue weighted by atomic mass is 32.1. The van der Waals surface area contributed by atoms with Crippen LogP contribution in [0.4, 0.5) is 20.2 Å². The van der Waals surface area contributed by atoms with Gasteiger partial charge in [0.05, 0.1) is 5.69 Å². The highest BCUT2D eigenvalue weighted by Gasteiger charge is 2.33. The van der Waals surface area contributed by atoms with Crippen molar-refractivity contribution >= 4 is 40.5 Å². The van der Waals surface area contributed by atoms with Gasteiger partial charge in [-0.2, -0.15) is 0 Å². The lowest BCUT2D eigenvalue weighted by atomic mass is 9.82. The number of hydrogen-bond donors (Lipinski definition) is 1. The summed E-state index contributed by atoms with van der Waals surface area (Å²) in [6.07, 6.45) is 3.56. The second-order valence-corrected chi connectivity index (χ2v) is 11.4. The number of benzene rings is 2. The predicted octanol–water partition coefficient (Wildman–Crippen LogP) is 7.24. The molecule has 0 bridgehead atoms. The first-order chi connectivity index (χ1) is 18.5. The van der Waals surface area contributed by atoms with Gasteiger partial charge in [0.25, 0.3) is 5.91 Å². The molecule has 1 heterocycles. The van der Waals surface area contributed by atoms with Gasteiger partial charge in [-0.3, -0.25) is 9.59 Å². The standard InChI is InChI=1S/C30H32F2N2O4S/c1-17(2)34(28(35)20-10-8-18(3)9-11-20)24-16-25(39-27(24)30(37)38)19-12-14-21(15-13-19)33(4)29(36)26-22(31)6-5-7-23(26)32/h5-7,12-18,20H,8-11H2,1-4H3,(H,37,38). The molecule has 2 amide bonds. The number of aromatic carboxylic acids is 1. The third-order valence-corrected chi connectivity index (χ3v) is 8.47. The van der Waals surface area contributed by atoms with E-state index in [4.69, 9.17) is 0 Å². The second kappa shape index (κ2) is 11.7. The highest BCUT2D eigenvalue weighted by Crippen LogP contribution is 2.40. The number of rotatable bonds is 7. The molecule has 0 atom stereocenters. The summed E-state index contributed by atoms with van der Waals surface area (Å²) in [4.78, 5) is 42.0. The Morgan fingerprint density at radius 1 is 0.974 bits per heavy atom. The van der Waals surface area contributed by atoms with Crippen molar-refractivity contribution in [3.05, 3.63) is 70.6 Å². The van der Waals surface area contributed by atoms with Gasteiger partial charge in [0, 0.05) is 29.6 Å². The van der Waals surface area contributed by atoms with Gasteiger partial charge in [0.2, 0.25) is 5.91 Å². The summed E-state index contributed by atoms with van der Waals surface area (Å²) in [5.74, 6) is -3.39. The molecule has 0 unspecified atom stereocenters. The molecule has 1 N–H and O–H groups in total. The number of nitrogens with zero attached hydrogens (tertiary/aromatic N) is 2. The minimum absolute atomic E-state index is 0.0420. The molecule has 39 heavy (non-hydrogen) atoms.